The van der Waals surface area contributed by atoms with Gasteiger partial charge in [-0.3, -0.25) is 0 Å². The van der Waals surface area contributed by atoms with Crippen molar-refractivity contribution >= 4 is 17.3 Å². The standard InChI is InChI=1S/C19H31ClN4/c1-6-10-18(21-23(5)15-9-14-22(4)7-2)19(12-13-20)24-16-8-11-17(24)3/h6,8,10-12,16,21H,1,7,9,13-15H2,2-5H3/b18-10+,19-12+. The molecule has 0 aliphatic carbocycles. The number of aryl methyl sites for hydroxylation is 1. The molecule has 0 amide bonds. The molecule has 0 saturated heterocycles. The summed E-state index contributed by atoms with van der Waals surface area (Å²) in [6.07, 6.45) is 8.93. The summed E-state index contributed by atoms with van der Waals surface area (Å²) in [5, 5.41) is 2.11. The Hall–Kier alpha value is -1.49. The molecule has 0 unspecified atom stereocenters. The number of rotatable bonds is 11. The van der Waals surface area contributed by atoms with Gasteiger partial charge in [0, 0.05) is 31.4 Å². The third kappa shape index (κ3) is 6.56. The predicted molar refractivity (Wildman–Crippen MR) is 106 cm³/mol. The first-order valence-electron chi connectivity index (χ1n) is 8.43. The number of hydrogen-bond donors (Lipinski definition) is 1. The van der Waals surface area contributed by atoms with Gasteiger partial charge in [-0.25, -0.2) is 5.01 Å². The molecule has 0 bridgehead atoms. The van der Waals surface area contributed by atoms with Gasteiger partial charge >= 0.3 is 0 Å². The van der Waals surface area contributed by atoms with E-state index in [1.165, 1.54) is 0 Å². The minimum Gasteiger partial charge on any atom is -0.319 e. The molecule has 0 fully saturated rings. The highest BCUT2D eigenvalue weighted by atomic mass is 35.5. The fraction of sp³-hybridized carbons (Fsp3) is 0.474. The average Bonchev–Trinajstić information content (AvgIpc) is 2.98. The van der Waals surface area contributed by atoms with Gasteiger partial charge in [0.25, 0.3) is 0 Å². The first kappa shape index (κ1) is 20.6. The number of hydrazine groups is 1. The van der Waals surface area contributed by atoms with Gasteiger partial charge in [0.1, 0.15) is 0 Å². The molecular formula is C19H31ClN4. The predicted octanol–water partition coefficient (Wildman–Crippen LogP) is 3.72. The van der Waals surface area contributed by atoms with Crippen LogP contribution in [0.5, 0.6) is 0 Å². The maximum absolute atomic E-state index is 5.99. The molecule has 0 aliphatic heterocycles. The van der Waals surface area contributed by atoms with Gasteiger partial charge in [0.05, 0.1) is 11.4 Å². The van der Waals surface area contributed by atoms with Crippen LogP contribution >= 0.6 is 11.6 Å². The lowest BCUT2D eigenvalue weighted by Crippen LogP contribution is -2.36. The Morgan fingerprint density at radius 2 is 2.12 bits per heavy atom. The van der Waals surface area contributed by atoms with E-state index in [2.05, 4.69) is 60.5 Å². The number of alkyl halides is 1. The zero-order valence-corrected chi connectivity index (χ0v) is 16.2. The highest BCUT2D eigenvalue weighted by molar-refractivity contribution is 6.19. The number of aromatic nitrogens is 1. The monoisotopic (exact) mass is 350 g/mol. The highest BCUT2D eigenvalue weighted by Gasteiger charge is 2.10. The minimum atomic E-state index is 0.453. The van der Waals surface area contributed by atoms with Crippen LogP contribution < -0.4 is 5.43 Å². The molecule has 24 heavy (non-hydrogen) atoms. The fourth-order valence-corrected chi connectivity index (χ4v) is 2.59. The van der Waals surface area contributed by atoms with Crippen molar-refractivity contribution in [2.24, 2.45) is 0 Å². The van der Waals surface area contributed by atoms with Gasteiger partial charge in [0.2, 0.25) is 0 Å². The Bertz CT molecular complexity index is 559. The summed E-state index contributed by atoms with van der Waals surface area (Å²) in [7, 11) is 4.20. The molecule has 1 rings (SSSR count). The van der Waals surface area contributed by atoms with Gasteiger partial charge in [-0.2, -0.15) is 0 Å². The van der Waals surface area contributed by atoms with E-state index in [1.807, 2.05) is 24.4 Å². The topological polar surface area (TPSA) is 23.4 Å². The van der Waals surface area contributed by atoms with E-state index >= 15 is 0 Å². The van der Waals surface area contributed by atoms with Crippen molar-refractivity contribution in [1.29, 1.82) is 0 Å². The number of nitrogens with one attached hydrogen (secondary N) is 1. The van der Waals surface area contributed by atoms with Crippen LogP contribution in [0.4, 0.5) is 0 Å². The van der Waals surface area contributed by atoms with Gasteiger partial charge < -0.3 is 14.9 Å². The number of allylic oxidation sites excluding steroid dienone is 4. The van der Waals surface area contributed by atoms with E-state index in [-0.39, 0.29) is 0 Å². The molecular weight excluding hydrogens is 320 g/mol. The summed E-state index contributed by atoms with van der Waals surface area (Å²) in [6.45, 7) is 11.2. The Morgan fingerprint density at radius 3 is 2.67 bits per heavy atom. The molecule has 134 valence electrons. The van der Waals surface area contributed by atoms with E-state index in [4.69, 9.17) is 11.6 Å². The number of halogens is 1. The molecule has 0 aromatic carbocycles. The van der Waals surface area contributed by atoms with Crippen LogP contribution in [0.3, 0.4) is 0 Å². The van der Waals surface area contributed by atoms with Crippen molar-refractivity contribution in [3.05, 3.63) is 54.5 Å². The third-order valence-electron chi connectivity index (χ3n) is 3.93. The van der Waals surface area contributed by atoms with Crippen molar-refractivity contribution < 1.29 is 0 Å². The summed E-state index contributed by atoms with van der Waals surface area (Å²) < 4.78 is 2.13. The molecule has 0 saturated carbocycles. The molecule has 5 heteroatoms. The average molecular weight is 351 g/mol. The number of hydrogen-bond acceptors (Lipinski definition) is 3. The summed E-state index contributed by atoms with van der Waals surface area (Å²) in [4.78, 5) is 2.32. The molecule has 0 radical (unpaired) electrons. The van der Waals surface area contributed by atoms with Crippen LogP contribution in [0.2, 0.25) is 0 Å². The first-order valence-corrected chi connectivity index (χ1v) is 8.96. The third-order valence-corrected chi connectivity index (χ3v) is 4.08. The second-order valence-electron chi connectivity index (χ2n) is 5.86. The quantitative estimate of drug-likeness (QED) is 0.374. The van der Waals surface area contributed by atoms with Crippen molar-refractivity contribution in [1.82, 2.24) is 19.9 Å². The Labute approximate surface area is 152 Å². The van der Waals surface area contributed by atoms with Crippen LogP contribution in [-0.2, 0) is 0 Å². The van der Waals surface area contributed by atoms with Gasteiger partial charge in [-0.05, 0) is 57.8 Å². The molecule has 1 heterocycles. The zero-order valence-electron chi connectivity index (χ0n) is 15.4. The van der Waals surface area contributed by atoms with E-state index in [0.29, 0.717) is 5.88 Å². The van der Waals surface area contributed by atoms with E-state index in [1.54, 1.807) is 6.08 Å². The minimum absolute atomic E-state index is 0.453. The summed E-state index contributed by atoms with van der Waals surface area (Å²) in [5.74, 6) is 0.453. The maximum Gasteiger partial charge on any atom is 0.0727 e. The van der Waals surface area contributed by atoms with Crippen molar-refractivity contribution in [3.63, 3.8) is 0 Å². The normalized spacial score (nSPS) is 13.0. The summed E-state index contributed by atoms with van der Waals surface area (Å²) in [5.41, 5.74) is 6.64. The van der Waals surface area contributed by atoms with Crippen LogP contribution in [0.25, 0.3) is 5.70 Å². The van der Waals surface area contributed by atoms with Crippen LogP contribution in [0, 0.1) is 6.92 Å². The maximum atomic E-state index is 5.99. The largest absolute Gasteiger partial charge is 0.319 e. The second kappa shape index (κ2) is 11.1. The van der Waals surface area contributed by atoms with Crippen LogP contribution in [0.1, 0.15) is 19.0 Å². The Kier molecular flexibility index (Phi) is 9.53. The summed E-state index contributed by atoms with van der Waals surface area (Å²) in [6, 6.07) is 4.12. The smallest absolute Gasteiger partial charge is 0.0727 e. The van der Waals surface area contributed by atoms with E-state index in [9.17, 15) is 0 Å². The lowest BCUT2D eigenvalue weighted by atomic mass is 10.2. The van der Waals surface area contributed by atoms with E-state index < -0.39 is 0 Å². The van der Waals surface area contributed by atoms with Gasteiger partial charge in [-0.1, -0.05) is 19.6 Å². The number of nitrogens with zero attached hydrogens (tertiary/aromatic N) is 3. The van der Waals surface area contributed by atoms with Crippen molar-refractivity contribution in [2.45, 2.75) is 20.3 Å². The van der Waals surface area contributed by atoms with Crippen LogP contribution in [0.15, 0.2) is 48.8 Å². The molecule has 0 aliphatic rings. The molecule has 1 N–H and O–H groups in total. The van der Waals surface area contributed by atoms with Gasteiger partial charge in [0.15, 0.2) is 0 Å². The molecule has 1 aromatic heterocycles. The van der Waals surface area contributed by atoms with Crippen molar-refractivity contribution in [2.75, 3.05) is 39.6 Å². The van der Waals surface area contributed by atoms with Gasteiger partial charge in [-0.15, -0.1) is 11.6 Å². The molecule has 0 spiro atoms. The lowest BCUT2D eigenvalue weighted by molar-refractivity contribution is 0.243. The SMILES string of the molecule is C=C/C=C(NN(C)CCCN(C)CC)\C(=C/CCl)n1cccc1C. The van der Waals surface area contributed by atoms with E-state index in [0.717, 1.165) is 43.1 Å². The first-order chi connectivity index (χ1) is 11.5. The highest BCUT2D eigenvalue weighted by Crippen LogP contribution is 2.18. The van der Waals surface area contributed by atoms with Crippen molar-refractivity contribution in [3.8, 4) is 0 Å². The zero-order chi connectivity index (χ0) is 17.9. The van der Waals surface area contributed by atoms with Crippen LogP contribution in [-0.4, -0.2) is 54.1 Å². The second-order valence-corrected chi connectivity index (χ2v) is 6.17. The summed E-state index contributed by atoms with van der Waals surface area (Å²) >= 11 is 5.99. The Balaban J connectivity index is 2.81. The lowest BCUT2D eigenvalue weighted by Gasteiger charge is -2.25. The fourth-order valence-electron chi connectivity index (χ4n) is 2.44. The molecule has 1 aromatic rings. The molecule has 0 atom stereocenters. The molecule has 4 nitrogen and oxygen atoms in total. The Morgan fingerprint density at radius 1 is 1.38 bits per heavy atom.